The summed E-state index contributed by atoms with van der Waals surface area (Å²) in [6.07, 6.45) is 1.67. The van der Waals surface area contributed by atoms with Crippen LogP contribution in [0.2, 0.25) is 5.02 Å². The van der Waals surface area contributed by atoms with Gasteiger partial charge in [0.2, 0.25) is 0 Å². The van der Waals surface area contributed by atoms with Gasteiger partial charge in [-0.05, 0) is 60.3 Å². The molecular weight excluding hydrogens is 400 g/mol. The third-order valence-electron chi connectivity index (χ3n) is 4.15. The van der Waals surface area contributed by atoms with Crippen molar-refractivity contribution in [1.29, 1.82) is 0 Å². The number of anilines is 1. The molecule has 8 heteroatoms. The van der Waals surface area contributed by atoms with E-state index >= 15 is 0 Å². The molecule has 0 spiro atoms. The van der Waals surface area contributed by atoms with Gasteiger partial charge in [-0.25, -0.2) is 0 Å². The van der Waals surface area contributed by atoms with E-state index in [0.29, 0.717) is 16.5 Å². The topological polar surface area (TPSA) is 59.1 Å². The minimum atomic E-state index is -0.506. The monoisotopic (exact) mass is 416 g/mol. The van der Waals surface area contributed by atoms with Crippen LogP contribution >= 0.6 is 23.8 Å². The van der Waals surface area contributed by atoms with Crippen LogP contribution in [0.4, 0.5) is 5.69 Å². The molecule has 1 heterocycles. The van der Waals surface area contributed by atoms with Gasteiger partial charge in [0.15, 0.2) is 5.11 Å². The molecule has 0 radical (unpaired) electrons. The number of amides is 1. The lowest BCUT2D eigenvalue weighted by Crippen LogP contribution is -2.35. The molecular formula is C20H17ClN2O4S. The van der Waals surface area contributed by atoms with E-state index in [4.69, 9.17) is 33.3 Å². The summed E-state index contributed by atoms with van der Waals surface area (Å²) in [6, 6.07) is 13.9. The van der Waals surface area contributed by atoms with Crippen molar-refractivity contribution in [2.24, 2.45) is 0 Å². The number of methoxy groups -OCH3 is 2. The van der Waals surface area contributed by atoms with Crippen LogP contribution in [0, 0.1) is 0 Å². The lowest BCUT2D eigenvalue weighted by atomic mass is 10.1. The first-order valence-electron chi connectivity index (χ1n) is 8.28. The zero-order chi connectivity index (χ0) is 20.3. The van der Waals surface area contributed by atoms with E-state index in [2.05, 4.69) is 0 Å². The maximum absolute atomic E-state index is 13.1. The standard InChI is InChI=1S/C20H17ClN2O4S/c1-26-16-9-3-13(4-10-16)11-17-19(25)23(15-7-5-14(21)6-8-15)20(28)22(17)12-18(24)27-2/h3-11H,12H2,1-2H3/b17-11-. The molecule has 2 aromatic rings. The Kier molecular flexibility index (Phi) is 5.96. The smallest absolute Gasteiger partial charge is 0.325 e. The molecule has 0 aromatic heterocycles. The number of ether oxygens (including phenoxy) is 2. The molecule has 0 saturated carbocycles. The van der Waals surface area contributed by atoms with Crippen molar-refractivity contribution in [2.75, 3.05) is 25.7 Å². The zero-order valence-corrected chi connectivity index (χ0v) is 16.8. The molecule has 0 N–H and O–H groups in total. The van der Waals surface area contributed by atoms with E-state index < -0.39 is 5.97 Å². The number of nitrogens with zero attached hydrogens (tertiary/aromatic N) is 2. The van der Waals surface area contributed by atoms with Crippen LogP contribution in [0.5, 0.6) is 5.75 Å². The Morgan fingerprint density at radius 1 is 1.11 bits per heavy atom. The number of carbonyl (C=O) groups excluding carboxylic acids is 2. The lowest BCUT2D eigenvalue weighted by molar-refractivity contribution is -0.140. The van der Waals surface area contributed by atoms with E-state index in [-0.39, 0.29) is 23.3 Å². The highest BCUT2D eigenvalue weighted by Crippen LogP contribution is 2.30. The predicted octanol–water partition coefficient (Wildman–Crippen LogP) is 3.50. The third kappa shape index (κ3) is 4.00. The zero-order valence-electron chi connectivity index (χ0n) is 15.2. The first-order chi connectivity index (χ1) is 13.4. The fraction of sp³-hybridized carbons (Fsp3) is 0.150. The molecule has 28 heavy (non-hydrogen) atoms. The number of hydrogen-bond acceptors (Lipinski definition) is 5. The SMILES string of the molecule is COC(=O)CN1C(=S)N(c2ccc(Cl)cc2)C(=O)/C1=C/c1ccc(OC)cc1. The average molecular weight is 417 g/mol. The summed E-state index contributed by atoms with van der Waals surface area (Å²) in [5, 5.41) is 0.735. The Morgan fingerprint density at radius 2 is 1.75 bits per heavy atom. The molecule has 1 aliphatic heterocycles. The minimum Gasteiger partial charge on any atom is -0.497 e. The quantitative estimate of drug-likeness (QED) is 0.422. The van der Waals surface area contributed by atoms with Crippen molar-refractivity contribution in [3.05, 3.63) is 64.8 Å². The van der Waals surface area contributed by atoms with Crippen molar-refractivity contribution in [3.63, 3.8) is 0 Å². The number of halogens is 1. The molecule has 6 nitrogen and oxygen atoms in total. The average Bonchev–Trinajstić information content (AvgIpc) is 2.93. The van der Waals surface area contributed by atoms with Gasteiger partial charge in [0.05, 0.1) is 19.9 Å². The van der Waals surface area contributed by atoms with Crippen molar-refractivity contribution >= 4 is 52.6 Å². The van der Waals surface area contributed by atoms with Gasteiger partial charge in [-0.1, -0.05) is 23.7 Å². The normalized spacial score (nSPS) is 15.3. The predicted molar refractivity (Wildman–Crippen MR) is 111 cm³/mol. The highest BCUT2D eigenvalue weighted by molar-refractivity contribution is 7.80. The van der Waals surface area contributed by atoms with Crippen molar-refractivity contribution in [1.82, 2.24) is 4.90 Å². The summed E-state index contributed by atoms with van der Waals surface area (Å²) in [5.41, 5.74) is 1.60. The Hall–Kier alpha value is -2.90. The van der Waals surface area contributed by atoms with Crippen molar-refractivity contribution < 1.29 is 19.1 Å². The van der Waals surface area contributed by atoms with Crippen LogP contribution in [0.3, 0.4) is 0 Å². The van der Waals surface area contributed by atoms with Crippen molar-refractivity contribution in [2.45, 2.75) is 0 Å². The number of hydrogen-bond donors (Lipinski definition) is 0. The summed E-state index contributed by atoms with van der Waals surface area (Å²) >= 11 is 11.4. The van der Waals surface area contributed by atoms with Gasteiger partial charge in [0, 0.05) is 5.02 Å². The molecule has 2 aromatic carbocycles. The van der Waals surface area contributed by atoms with Gasteiger partial charge in [0.1, 0.15) is 18.0 Å². The molecule has 0 aliphatic carbocycles. The summed E-state index contributed by atoms with van der Waals surface area (Å²) < 4.78 is 9.90. The summed E-state index contributed by atoms with van der Waals surface area (Å²) in [4.78, 5) is 27.8. The van der Waals surface area contributed by atoms with Crippen LogP contribution < -0.4 is 9.64 Å². The van der Waals surface area contributed by atoms with E-state index in [1.54, 1.807) is 49.6 Å². The summed E-state index contributed by atoms with van der Waals surface area (Å²) in [6.45, 7) is -0.173. The van der Waals surface area contributed by atoms with Gasteiger partial charge >= 0.3 is 5.97 Å². The third-order valence-corrected chi connectivity index (χ3v) is 4.81. The van der Waals surface area contributed by atoms with Gasteiger partial charge < -0.3 is 14.4 Å². The van der Waals surface area contributed by atoms with Gasteiger partial charge in [-0.2, -0.15) is 0 Å². The largest absolute Gasteiger partial charge is 0.497 e. The molecule has 144 valence electrons. The van der Waals surface area contributed by atoms with E-state index in [1.807, 2.05) is 12.1 Å². The summed E-state index contributed by atoms with van der Waals surface area (Å²) in [5.74, 6) is -0.148. The number of thiocarbonyl (C=S) groups is 1. The van der Waals surface area contributed by atoms with Gasteiger partial charge in [-0.15, -0.1) is 0 Å². The Morgan fingerprint density at radius 3 is 2.32 bits per heavy atom. The fourth-order valence-corrected chi connectivity index (χ4v) is 3.18. The molecule has 1 fully saturated rings. The Balaban J connectivity index is 2.01. The molecule has 1 aliphatic rings. The van der Waals surface area contributed by atoms with E-state index in [9.17, 15) is 9.59 Å². The van der Waals surface area contributed by atoms with E-state index in [0.717, 1.165) is 5.56 Å². The second-order valence-electron chi connectivity index (χ2n) is 5.86. The minimum absolute atomic E-state index is 0.173. The van der Waals surface area contributed by atoms with Crippen molar-refractivity contribution in [3.8, 4) is 5.75 Å². The maximum Gasteiger partial charge on any atom is 0.325 e. The maximum atomic E-state index is 13.1. The van der Waals surface area contributed by atoms with Crippen LogP contribution in [0.15, 0.2) is 54.2 Å². The first-order valence-corrected chi connectivity index (χ1v) is 9.07. The Labute approximate surface area is 172 Å². The molecule has 1 saturated heterocycles. The lowest BCUT2D eigenvalue weighted by Gasteiger charge is -2.19. The fourth-order valence-electron chi connectivity index (χ4n) is 2.70. The van der Waals surface area contributed by atoms with Gasteiger partial charge in [0.25, 0.3) is 5.91 Å². The highest BCUT2D eigenvalue weighted by atomic mass is 35.5. The van der Waals surface area contributed by atoms with E-state index in [1.165, 1.54) is 16.9 Å². The van der Waals surface area contributed by atoms with Crippen LogP contribution in [-0.4, -0.2) is 42.7 Å². The number of benzene rings is 2. The van der Waals surface area contributed by atoms with Crippen LogP contribution in [-0.2, 0) is 14.3 Å². The van der Waals surface area contributed by atoms with Gasteiger partial charge in [-0.3, -0.25) is 14.5 Å². The highest BCUT2D eigenvalue weighted by Gasteiger charge is 2.40. The Bertz CT molecular complexity index is 942. The second kappa shape index (κ2) is 8.41. The van der Waals surface area contributed by atoms with Crippen LogP contribution in [0.25, 0.3) is 6.08 Å². The molecule has 0 atom stereocenters. The molecule has 1 amide bonds. The molecule has 0 unspecified atom stereocenters. The molecule has 0 bridgehead atoms. The number of rotatable bonds is 5. The molecule has 3 rings (SSSR count). The second-order valence-corrected chi connectivity index (χ2v) is 6.67. The number of esters is 1. The first kappa shape index (κ1) is 19.9. The summed E-state index contributed by atoms with van der Waals surface area (Å²) in [7, 11) is 2.86. The van der Waals surface area contributed by atoms with Crippen LogP contribution in [0.1, 0.15) is 5.56 Å². The number of carbonyl (C=O) groups is 2.